The summed E-state index contributed by atoms with van der Waals surface area (Å²) in [5.74, 6) is 0.854. The van der Waals surface area contributed by atoms with E-state index in [0.717, 1.165) is 57.8 Å². The highest BCUT2D eigenvalue weighted by Crippen LogP contribution is 2.48. The molecular weight excluding hydrogens is 318 g/mol. The second-order valence-electron chi connectivity index (χ2n) is 7.03. The molecule has 0 bridgehead atoms. The van der Waals surface area contributed by atoms with Crippen LogP contribution in [-0.4, -0.2) is 64.2 Å². The maximum Gasteiger partial charge on any atom is 0.191 e. The number of nitrogens with one attached hydrogen (secondary N) is 2. The Labute approximate surface area is 153 Å². The highest BCUT2D eigenvalue weighted by atomic mass is 16.5. The summed E-state index contributed by atoms with van der Waals surface area (Å²) in [6.45, 7) is 10.4. The average Bonchev–Trinajstić information content (AvgIpc) is 3.13. The number of rotatable bonds is 10. The van der Waals surface area contributed by atoms with E-state index in [-0.39, 0.29) is 11.5 Å². The van der Waals surface area contributed by atoms with Crippen LogP contribution in [-0.2, 0) is 14.2 Å². The zero-order valence-corrected chi connectivity index (χ0v) is 16.5. The number of hydrogen-bond donors (Lipinski definition) is 2. The van der Waals surface area contributed by atoms with Crippen LogP contribution in [0.2, 0.25) is 0 Å². The van der Waals surface area contributed by atoms with Crippen LogP contribution in [0.4, 0.5) is 0 Å². The van der Waals surface area contributed by atoms with Gasteiger partial charge < -0.3 is 24.8 Å². The molecule has 3 unspecified atom stereocenters. The SMILES string of the molecule is CCOC1CC(NC(=NC)NCCOCC2CCCO2)C1(CC)CC. The lowest BCUT2D eigenvalue weighted by Crippen LogP contribution is -2.65. The molecule has 0 radical (unpaired) electrons. The summed E-state index contributed by atoms with van der Waals surface area (Å²) in [4.78, 5) is 4.36. The minimum atomic E-state index is 0.212. The predicted molar refractivity (Wildman–Crippen MR) is 101 cm³/mol. The smallest absolute Gasteiger partial charge is 0.191 e. The topological polar surface area (TPSA) is 64.1 Å². The number of aliphatic imine (C=N–C) groups is 1. The maximum absolute atomic E-state index is 5.95. The standard InChI is InChI=1S/C19H37N3O3/c1-5-19(6-2)16(13-17(19)24-7-3)22-18(20-4)21-10-12-23-14-15-9-8-11-25-15/h15-17H,5-14H2,1-4H3,(H2,20,21,22). The first-order valence-corrected chi connectivity index (χ1v) is 9.98. The monoisotopic (exact) mass is 355 g/mol. The molecule has 1 heterocycles. The van der Waals surface area contributed by atoms with E-state index in [2.05, 4.69) is 36.4 Å². The highest BCUT2D eigenvalue weighted by Gasteiger charge is 2.53. The molecule has 3 atom stereocenters. The first kappa shape index (κ1) is 20.5. The fourth-order valence-electron chi connectivity index (χ4n) is 4.18. The van der Waals surface area contributed by atoms with E-state index >= 15 is 0 Å². The van der Waals surface area contributed by atoms with Gasteiger partial charge in [-0.2, -0.15) is 0 Å². The Kier molecular flexibility index (Phi) is 8.46. The van der Waals surface area contributed by atoms with Crippen molar-refractivity contribution in [1.29, 1.82) is 0 Å². The first-order valence-electron chi connectivity index (χ1n) is 9.98. The van der Waals surface area contributed by atoms with Gasteiger partial charge >= 0.3 is 0 Å². The molecule has 2 rings (SSSR count). The third-order valence-corrected chi connectivity index (χ3v) is 5.87. The Balaban J connectivity index is 1.70. The quantitative estimate of drug-likeness (QED) is 0.358. The first-order chi connectivity index (χ1) is 12.2. The Morgan fingerprint density at radius 1 is 1.28 bits per heavy atom. The van der Waals surface area contributed by atoms with Gasteiger partial charge in [0.05, 0.1) is 25.4 Å². The van der Waals surface area contributed by atoms with Crippen LogP contribution in [0.1, 0.15) is 52.9 Å². The highest BCUT2D eigenvalue weighted by molar-refractivity contribution is 5.80. The van der Waals surface area contributed by atoms with E-state index in [1.807, 2.05) is 7.05 Å². The molecule has 6 nitrogen and oxygen atoms in total. The Hall–Kier alpha value is -0.850. The Morgan fingerprint density at radius 2 is 2.08 bits per heavy atom. The van der Waals surface area contributed by atoms with Gasteiger partial charge in [0.2, 0.25) is 0 Å². The van der Waals surface area contributed by atoms with Crippen molar-refractivity contribution >= 4 is 5.96 Å². The fraction of sp³-hybridized carbons (Fsp3) is 0.947. The zero-order valence-electron chi connectivity index (χ0n) is 16.5. The summed E-state index contributed by atoms with van der Waals surface area (Å²) in [5.41, 5.74) is 0.212. The second kappa shape index (κ2) is 10.3. The van der Waals surface area contributed by atoms with Crippen molar-refractivity contribution in [3.05, 3.63) is 0 Å². The van der Waals surface area contributed by atoms with E-state index in [0.29, 0.717) is 25.4 Å². The van der Waals surface area contributed by atoms with E-state index < -0.39 is 0 Å². The van der Waals surface area contributed by atoms with E-state index in [1.54, 1.807) is 0 Å². The van der Waals surface area contributed by atoms with Gasteiger partial charge in [-0.15, -0.1) is 0 Å². The van der Waals surface area contributed by atoms with Crippen LogP contribution < -0.4 is 10.6 Å². The van der Waals surface area contributed by atoms with Crippen molar-refractivity contribution in [3.63, 3.8) is 0 Å². The Bertz CT molecular complexity index is 407. The van der Waals surface area contributed by atoms with Crippen LogP contribution >= 0.6 is 0 Å². The minimum absolute atomic E-state index is 0.212. The van der Waals surface area contributed by atoms with Crippen molar-refractivity contribution in [2.45, 2.75) is 71.1 Å². The average molecular weight is 356 g/mol. The van der Waals surface area contributed by atoms with Gasteiger partial charge in [0, 0.05) is 38.3 Å². The summed E-state index contributed by atoms with van der Waals surface area (Å²) in [6, 6.07) is 0.415. The number of nitrogens with zero attached hydrogens (tertiary/aromatic N) is 1. The summed E-state index contributed by atoms with van der Waals surface area (Å²) in [6.07, 6.45) is 6.21. The molecule has 25 heavy (non-hydrogen) atoms. The third-order valence-electron chi connectivity index (χ3n) is 5.87. The van der Waals surface area contributed by atoms with E-state index in [9.17, 15) is 0 Å². The summed E-state index contributed by atoms with van der Waals surface area (Å²) >= 11 is 0. The van der Waals surface area contributed by atoms with Gasteiger partial charge in [-0.05, 0) is 39.0 Å². The summed E-state index contributed by atoms with van der Waals surface area (Å²) in [7, 11) is 1.82. The molecule has 2 N–H and O–H groups in total. The molecule has 2 fully saturated rings. The van der Waals surface area contributed by atoms with Crippen LogP contribution in [0.15, 0.2) is 4.99 Å². The number of hydrogen-bond acceptors (Lipinski definition) is 4. The lowest BCUT2D eigenvalue weighted by molar-refractivity contribution is -0.133. The molecule has 1 aliphatic heterocycles. The van der Waals surface area contributed by atoms with Gasteiger partial charge in [-0.25, -0.2) is 0 Å². The molecule has 146 valence electrons. The molecule has 1 aliphatic carbocycles. The van der Waals surface area contributed by atoms with Crippen LogP contribution in [0.25, 0.3) is 0 Å². The second-order valence-corrected chi connectivity index (χ2v) is 7.03. The Morgan fingerprint density at radius 3 is 2.68 bits per heavy atom. The lowest BCUT2D eigenvalue weighted by Gasteiger charge is -2.55. The molecule has 0 spiro atoms. The van der Waals surface area contributed by atoms with Crippen molar-refractivity contribution < 1.29 is 14.2 Å². The minimum Gasteiger partial charge on any atom is -0.378 e. The molecule has 1 saturated carbocycles. The van der Waals surface area contributed by atoms with Crippen LogP contribution in [0, 0.1) is 5.41 Å². The normalized spacial score (nSPS) is 28.6. The van der Waals surface area contributed by atoms with Gasteiger partial charge in [0.1, 0.15) is 0 Å². The molecule has 2 aliphatic rings. The predicted octanol–water partition coefficient (Wildman–Crippen LogP) is 2.33. The van der Waals surface area contributed by atoms with Gasteiger partial charge in [-0.3, -0.25) is 4.99 Å². The number of guanidine groups is 1. The van der Waals surface area contributed by atoms with Crippen LogP contribution in [0.3, 0.4) is 0 Å². The maximum atomic E-state index is 5.95. The van der Waals surface area contributed by atoms with Crippen molar-refractivity contribution in [3.8, 4) is 0 Å². The molecule has 0 aromatic carbocycles. The number of ether oxygens (including phenoxy) is 3. The van der Waals surface area contributed by atoms with Gasteiger partial charge in [0.25, 0.3) is 0 Å². The molecule has 0 aromatic rings. The van der Waals surface area contributed by atoms with Gasteiger partial charge in [0.15, 0.2) is 5.96 Å². The van der Waals surface area contributed by atoms with Crippen molar-refractivity contribution in [2.75, 3.05) is 40.0 Å². The third kappa shape index (κ3) is 5.08. The molecular formula is C19H37N3O3. The summed E-state index contributed by atoms with van der Waals surface area (Å²) < 4.78 is 17.2. The van der Waals surface area contributed by atoms with Crippen molar-refractivity contribution in [1.82, 2.24) is 10.6 Å². The fourth-order valence-corrected chi connectivity index (χ4v) is 4.18. The van der Waals surface area contributed by atoms with Crippen molar-refractivity contribution in [2.24, 2.45) is 10.4 Å². The molecule has 1 saturated heterocycles. The molecule has 6 heteroatoms. The largest absolute Gasteiger partial charge is 0.378 e. The van der Waals surface area contributed by atoms with E-state index in [1.165, 1.54) is 0 Å². The summed E-state index contributed by atoms with van der Waals surface area (Å²) in [5, 5.41) is 6.95. The molecule has 0 aromatic heterocycles. The zero-order chi connectivity index (χ0) is 18.1. The van der Waals surface area contributed by atoms with Crippen LogP contribution in [0.5, 0.6) is 0 Å². The van der Waals surface area contributed by atoms with E-state index in [4.69, 9.17) is 14.2 Å². The lowest BCUT2D eigenvalue weighted by atomic mass is 9.58. The molecule has 0 amide bonds. The van der Waals surface area contributed by atoms with Gasteiger partial charge in [-0.1, -0.05) is 13.8 Å².